The van der Waals surface area contributed by atoms with Crippen LogP contribution in [0.1, 0.15) is 39.6 Å². The van der Waals surface area contributed by atoms with Crippen molar-refractivity contribution in [3.05, 3.63) is 56.2 Å². The Bertz CT molecular complexity index is 547. The molecule has 1 heterocycles. The van der Waals surface area contributed by atoms with Gasteiger partial charge in [-0.15, -0.1) is 11.3 Å². The Morgan fingerprint density at radius 1 is 1.22 bits per heavy atom. The number of thiophene rings is 1. The van der Waals surface area contributed by atoms with Gasteiger partial charge in [-0.2, -0.15) is 0 Å². The van der Waals surface area contributed by atoms with Crippen LogP contribution in [0, 0.1) is 0 Å². The summed E-state index contributed by atoms with van der Waals surface area (Å²) in [5.41, 5.74) is 3.07. The van der Waals surface area contributed by atoms with Crippen LogP contribution >= 0.6 is 43.2 Å². The van der Waals surface area contributed by atoms with Crippen molar-refractivity contribution in [2.45, 2.75) is 30.0 Å². The lowest BCUT2D eigenvalue weighted by Gasteiger charge is -2.29. The molecule has 0 fully saturated rings. The maximum atomic E-state index is 3.93. The molecule has 3 heteroatoms. The van der Waals surface area contributed by atoms with Crippen molar-refractivity contribution in [1.29, 1.82) is 0 Å². The molecular weight excluding hydrogens is 372 g/mol. The number of hydrogen-bond acceptors (Lipinski definition) is 1. The van der Waals surface area contributed by atoms with Crippen molar-refractivity contribution < 1.29 is 0 Å². The second-order valence-corrected chi connectivity index (χ2v) is 7.52. The van der Waals surface area contributed by atoms with E-state index in [2.05, 4.69) is 67.6 Å². The van der Waals surface area contributed by atoms with Gasteiger partial charge in [0.05, 0.1) is 4.83 Å². The number of aryl methyl sites for hydroxylation is 1. The van der Waals surface area contributed by atoms with E-state index in [9.17, 15) is 0 Å². The lowest BCUT2D eigenvalue weighted by Crippen LogP contribution is -2.13. The predicted octanol–water partition coefficient (Wildman–Crippen LogP) is 6.07. The molecule has 2 unspecified atom stereocenters. The molecule has 1 aromatic carbocycles. The van der Waals surface area contributed by atoms with Crippen LogP contribution in [0.4, 0.5) is 0 Å². The van der Waals surface area contributed by atoms with Gasteiger partial charge in [-0.3, -0.25) is 0 Å². The van der Waals surface area contributed by atoms with Gasteiger partial charge in [0, 0.05) is 15.3 Å². The largest absolute Gasteiger partial charge is 0.146 e. The highest BCUT2D eigenvalue weighted by atomic mass is 79.9. The molecule has 2 aromatic rings. The number of rotatable bonds is 2. The van der Waals surface area contributed by atoms with Crippen molar-refractivity contribution in [3.63, 3.8) is 0 Å². The minimum absolute atomic E-state index is 0.424. The molecule has 1 aliphatic carbocycles. The van der Waals surface area contributed by atoms with Gasteiger partial charge in [-0.25, -0.2) is 0 Å². The normalized spacial score (nSPS) is 20.4. The molecule has 0 nitrogen and oxygen atoms in total. The number of hydrogen-bond donors (Lipinski definition) is 0. The second kappa shape index (κ2) is 5.48. The highest BCUT2D eigenvalue weighted by Gasteiger charge is 2.28. The Morgan fingerprint density at radius 3 is 2.83 bits per heavy atom. The molecule has 0 radical (unpaired) electrons. The van der Waals surface area contributed by atoms with Gasteiger partial charge < -0.3 is 0 Å². The van der Waals surface area contributed by atoms with Crippen LogP contribution in [0.15, 0.2) is 40.2 Å². The van der Waals surface area contributed by atoms with Crippen LogP contribution in [0.2, 0.25) is 0 Å². The van der Waals surface area contributed by atoms with Crippen molar-refractivity contribution in [2.75, 3.05) is 0 Å². The summed E-state index contributed by atoms with van der Waals surface area (Å²) in [5.74, 6) is 0.602. The Kier molecular flexibility index (Phi) is 3.92. The SMILES string of the molecule is Brc1ccsc1C(Br)C1CCCc2ccccc21. The van der Waals surface area contributed by atoms with Crippen molar-refractivity contribution in [2.24, 2.45) is 0 Å². The van der Waals surface area contributed by atoms with E-state index in [0.717, 1.165) is 0 Å². The first kappa shape index (κ1) is 12.9. The van der Waals surface area contributed by atoms with Crippen molar-refractivity contribution in [1.82, 2.24) is 0 Å². The summed E-state index contributed by atoms with van der Waals surface area (Å²) in [5, 5.41) is 2.16. The lowest BCUT2D eigenvalue weighted by molar-refractivity contribution is 0.550. The Hall–Kier alpha value is -0.120. The minimum atomic E-state index is 0.424. The third-order valence-corrected chi connectivity index (χ3v) is 7.02. The summed E-state index contributed by atoms with van der Waals surface area (Å²) < 4.78 is 1.23. The molecule has 18 heavy (non-hydrogen) atoms. The zero-order valence-electron chi connectivity index (χ0n) is 9.90. The van der Waals surface area contributed by atoms with Crippen molar-refractivity contribution >= 4 is 43.2 Å². The first-order valence-electron chi connectivity index (χ1n) is 6.22. The van der Waals surface area contributed by atoms with Gasteiger partial charge in [0.1, 0.15) is 0 Å². The summed E-state index contributed by atoms with van der Waals surface area (Å²) in [7, 11) is 0. The monoisotopic (exact) mass is 384 g/mol. The van der Waals surface area contributed by atoms with E-state index in [4.69, 9.17) is 0 Å². The lowest BCUT2D eigenvalue weighted by atomic mass is 9.81. The number of alkyl halides is 1. The zero-order valence-corrected chi connectivity index (χ0v) is 13.9. The molecule has 0 saturated carbocycles. The Morgan fingerprint density at radius 2 is 2.06 bits per heavy atom. The molecular formula is C15H14Br2S. The van der Waals surface area contributed by atoms with Gasteiger partial charge in [0.15, 0.2) is 0 Å². The minimum Gasteiger partial charge on any atom is -0.146 e. The van der Waals surface area contributed by atoms with E-state index in [1.54, 1.807) is 0 Å². The van der Waals surface area contributed by atoms with E-state index in [1.165, 1.54) is 39.7 Å². The first-order valence-corrected chi connectivity index (χ1v) is 8.81. The molecule has 2 atom stereocenters. The van der Waals surface area contributed by atoms with Gasteiger partial charge in [0.25, 0.3) is 0 Å². The second-order valence-electron chi connectivity index (χ2n) is 4.73. The van der Waals surface area contributed by atoms with Crippen LogP contribution < -0.4 is 0 Å². The van der Waals surface area contributed by atoms with Gasteiger partial charge in [-0.05, 0) is 57.8 Å². The number of halogens is 2. The predicted molar refractivity (Wildman–Crippen MR) is 85.8 cm³/mol. The molecule has 0 saturated heterocycles. The average Bonchev–Trinajstić information content (AvgIpc) is 2.83. The quantitative estimate of drug-likeness (QED) is 0.550. The van der Waals surface area contributed by atoms with Crippen LogP contribution in [0.3, 0.4) is 0 Å². The fraction of sp³-hybridized carbons (Fsp3) is 0.333. The third kappa shape index (κ3) is 2.33. The summed E-state index contributed by atoms with van der Waals surface area (Å²) in [6.07, 6.45) is 3.81. The number of benzene rings is 1. The topological polar surface area (TPSA) is 0 Å². The van der Waals surface area contributed by atoms with Crippen LogP contribution in [0.5, 0.6) is 0 Å². The molecule has 1 aliphatic rings. The standard InChI is InChI=1S/C15H14Br2S/c16-13-8-9-18-15(13)14(17)12-7-3-5-10-4-1-2-6-11(10)12/h1-2,4,6,8-9,12,14H,3,5,7H2. The Balaban J connectivity index is 1.97. The maximum absolute atomic E-state index is 3.93. The highest BCUT2D eigenvalue weighted by molar-refractivity contribution is 9.11. The van der Waals surface area contributed by atoms with Gasteiger partial charge in [-0.1, -0.05) is 40.2 Å². The molecule has 0 aliphatic heterocycles. The molecule has 0 N–H and O–H groups in total. The van der Waals surface area contributed by atoms with Crippen LogP contribution in [0.25, 0.3) is 0 Å². The zero-order chi connectivity index (χ0) is 12.5. The highest BCUT2D eigenvalue weighted by Crippen LogP contribution is 2.48. The van der Waals surface area contributed by atoms with Crippen molar-refractivity contribution in [3.8, 4) is 0 Å². The Labute approximate surface area is 129 Å². The molecule has 3 rings (SSSR count). The van der Waals surface area contributed by atoms with Crippen LogP contribution in [-0.2, 0) is 6.42 Å². The first-order chi connectivity index (χ1) is 8.77. The molecule has 1 aromatic heterocycles. The molecule has 94 valence electrons. The average molecular weight is 386 g/mol. The summed E-state index contributed by atoms with van der Waals surface area (Å²) in [4.78, 5) is 1.84. The molecule has 0 spiro atoms. The molecule has 0 bridgehead atoms. The third-order valence-electron chi connectivity index (χ3n) is 3.66. The fourth-order valence-electron chi connectivity index (χ4n) is 2.78. The van der Waals surface area contributed by atoms with Crippen LogP contribution in [-0.4, -0.2) is 0 Å². The maximum Gasteiger partial charge on any atom is 0.0569 e. The van der Waals surface area contributed by atoms with E-state index >= 15 is 0 Å². The van der Waals surface area contributed by atoms with Gasteiger partial charge >= 0.3 is 0 Å². The summed E-state index contributed by atoms with van der Waals surface area (Å²) >= 11 is 9.41. The number of fused-ring (bicyclic) bond motifs is 1. The van der Waals surface area contributed by atoms with E-state index < -0.39 is 0 Å². The molecule has 0 amide bonds. The summed E-state index contributed by atoms with van der Waals surface area (Å²) in [6, 6.07) is 11.1. The van der Waals surface area contributed by atoms with E-state index in [-0.39, 0.29) is 0 Å². The van der Waals surface area contributed by atoms with E-state index in [1.807, 2.05) is 11.3 Å². The van der Waals surface area contributed by atoms with Gasteiger partial charge in [0.2, 0.25) is 0 Å². The summed E-state index contributed by atoms with van der Waals surface area (Å²) in [6.45, 7) is 0. The fourth-order valence-corrected chi connectivity index (χ4v) is 5.87. The van der Waals surface area contributed by atoms with E-state index in [0.29, 0.717) is 10.7 Å². The smallest absolute Gasteiger partial charge is 0.0569 e.